The van der Waals surface area contributed by atoms with Crippen LogP contribution in [0.3, 0.4) is 0 Å². The number of esters is 1. The molecule has 1 aliphatic carbocycles. The first-order chi connectivity index (χ1) is 36.1. The maximum Gasteiger partial charge on any atom is 0.407 e. The number of hydrogen-bond acceptors (Lipinski definition) is 15. The Bertz CT molecular complexity index is 2540. The summed E-state index contributed by atoms with van der Waals surface area (Å²) in [6.07, 6.45) is -0.198. The average molecular weight is 1060 g/mol. The normalized spacial score (nSPS) is 27.0. The Morgan fingerprint density at radius 1 is 0.855 bits per heavy atom. The lowest BCUT2D eigenvalue weighted by Crippen LogP contribution is -2.61. The molecule has 11 atom stereocenters. The summed E-state index contributed by atoms with van der Waals surface area (Å²) in [5, 5.41) is 12.5. The van der Waals surface area contributed by atoms with Crippen molar-refractivity contribution in [3.63, 3.8) is 0 Å². The van der Waals surface area contributed by atoms with E-state index in [1.54, 1.807) is 45.9 Å². The summed E-state index contributed by atoms with van der Waals surface area (Å²) in [6.45, 7) is 14.0. The molecule has 5 aliphatic rings. The Kier molecular flexibility index (Phi) is 18.0. The van der Waals surface area contributed by atoms with Crippen LogP contribution in [0.15, 0.2) is 66.7 Å². The third-order valence-corrected chi connectivity index (χ3v) is 14.7. The minimum Gasteiger partial charge on any atom is -0.459 e. The van der Waals surface area contributed by atoms with E-state index >= 15 is 0 Å². The van der Waals surface area contributed by atoms with Crippen molar-refractivity contribution in [1.29, 1.82) is 0 Å². The Hall–Kier alpha value is -5.77. The lowest BCUT2D eigenvalue weighted by atomic mass is 9.72. The molecule has 0 bridgehead atoms. The molecule has 1 aromatic heterocycles. The molecule has 5 fully saturated rings. The van der Waals surface area contributed by atoms with Crippen molar-refractivity contribution in [3.8, 4) is 0 Å². The number of nitrogens with one attached hydrogen (secondary N) is 4. The van der Waals surface area contributed by atoms with E-state index in [-0.39, 0.29) is 44.1 Å². The minimum absolute atomic E-state index is 0.0358. The number of hydrogen-bond donors (Lipinski definition) is 5. The van der Waals surface area contributed by atoms with Gasteiger partial charge in [-0.05, 0) is 110 Å². The average Bonchev–Trinajstić information content (AvgIpc) is 3.99. The molecule has 0 spiro atoms. The number of rotatable bonds is 20. The van der Waals surface area contributed by atoms with Gasteiger partial charge in [-0.3, -0.25) is 28.9 Å². The third-order valence-electron chi connectivity index (χ3n) is 14.7. The molecule has 0 radical (unpaired) electrons. The predicted octanol–water partition coefficient (Wildman–Crippen LogP) is 4.94. The zero-order valence-corrected chi connectivity index (χ0v) is 44.9. The largest absolute Gasteiger partial charge is 0.459 e. The molecule has 414 valence electrons. The second-order valence-corrected chi connectivity index (χ2v) is 22.9. The van der Waals surface area contributed by atoms with E-state index in [4.69, 9.17) is 38.9 Å². The molecule has 4 aliphatic heterocycles. The molecular formula is C56H77N7O13. The molecule has 2 aromatic carbocycles. The number of unbranched alkanes of at least 4 members (excludes halogenated alkanes) is 1. The molecule has 76 heavy (non-hydrogen) atoms. The number of primary amides is 1. The van der Waals surface area contributed by atoms with Crippen LogP contribution in [0.4, 0.5) is 4.79 Å². The van der Waals surface area contributed by atoms with E-state index in [0.29, 0.717) is 43.2 Å². The fourth-order valence-corrected chi connectivity index (χ4v) is 11.2. The number of alkyl carbamates (subject to hydrolysis) is 1. The van der Waals surface area contributed by atoms with Gasteiger partial charge in [0.1, 0.15) is 30.0 Å². The smallest absolute Gasteiger partial charge is 0.407 e. The van der Waals surface area contributed by atoms with Gasteiger partial charge in [0.15, 0.2) is 30.1 Å². The first-order valence-corrected chi connectivity index (χ1v) is 26.9. The number of nitrogens with two attached hydrogens (primary N) is 1. The van der Waals surface area contributed by atoms with Gasteiger partial charge in [0.2, 0.25) is 17.7 Å². The van der Waals surface area contributed by atoms with Gasteiger partial charge in [0.25, 0.3) is 5.91 Å². The lowest BCUT2D eigenvalue weighted by molar-refractivity contribution is -0.232. The van der Waals surface area contributed by atoms with Gasteiger partial charge in [0.05, 0.1) is 30.6 Å². The van der Waals surface area contributed by atoms with Crippen molar-refractivity contribution >= 4 is 46.6 Å². The second-order valence-electron chi connectivity index (χ2n) is 22.9. The van der Waals surface area contributed by atoms with Crippen molar-refractivity contribution in [2.45, 2.75) is 185 Å². The van der Waals surface area contributed by atoms with Gasteiger partial charge in [-0.2, -0.15) is 0 Å². The van der Waals surface area contributed by atoms with Crippen LogP contribution in [0.1, 0.15) is 122 Å². The van der Waals surface area contributed by atoms with Crippen LogP contribution < -0.4 is 27.0 Å². The highest BCUT2D eigenvalue weighted by Gasteiger charge is 2.60. The predicted molar refractivity (Wildman–Crippen MR) is 278 cm³/mol. The molecule has 20 heteroatoms. The van der Waals surface area contributed by atoms with Gasteiger partial charge in [-0.25, -0.2) is 9.78 Å². The Balaban J connectivity index is 0.984. The third kappa shape index (κ3) is 15.0. The number of benzene rings is 2. The van der Waals surface area contributed by atoms with Crippen LogP contribution in [0.25, 0.3) is 10.9 Å². The quantitative estimate of drug-likeness (QED) is 0.0742. The monoisotopic (exact) mass is 1060 g/mol. The number of pyridine rings is 1. The number of carbonyl (C=O) groups is 6. The first kappa shape index (κ1) is 56.4. The number of likely N-dealkylation sites (tertiary alicyclic amines) is 1. The Morgan fingerprint density at radius 3 is 2.32 bits per heavy atom. The summed E-state index contributed by atoms with van der Waals surface area (Å²) in [5.74, 6) is -4.06. The topological polar surface area (TPSA) is 257 Å². The standard InChI is InChI=1S/C56H77N7O13/c1-54(2,3)62-51(68)41-28-35-20-11-12-21-36(35)30-63(41)31-42(71-45(65)23-15-16-26-58-53(69)73-47-46(43-32-70-55(4,5)74-43)72-52-48(47)75-56(6,7)76-52)39(27-33-17-9-8-10-18-33)60-50(67)40(29-44(57)64)61-49(66)38-25-24-34-19-13-14-22-37(34)59-38/h8-10,13-14,17-19,22,24-25,35-36,39-43,46-48,52H,11-12,15-16,20-21,23,26-32H2,1-7H3,(H2,57,64)(H,58,69)(H,60,67)(H,61,66)(H,62,68)/t35?,36?,39-,40-,41-,42+,43?,46+,47-,48-,52?/m0/s1. The number of ether oxygens (including phenoxy) is 7. The Morgan fingerprint density at radius 2 is 1.59 bits per heavy atom. The minimum atomic E-state index is -1.42. The van der Waals surface area contributed by atoms with Gasteiger partial charge in [0, 0.05) is 37.0 Å². The van der Waals surface area contributed by atoms with Crippen LogP contribution in [-0.4, -0.2) is 144 Å². The van der Waals surface area contributed by atoms with Crippen LogP contribution in [0.5, 0.6) is 0 Å². The zero-order valence-electron chi connectivity index (χ0n) is 44.9. The zero-order chi connectivity index (χ0) is 54.4. The molecule has 4 unspecified atom stereocenters. The molecule has 1 saturated carbocycles. The Labute approximate surface area is 444 Å². The maximum atomic E-state index is 14.6. The van der Waals surface area contributed by atoms with Crippen LogP contribution in [0.2, 0.25) is 0 Å². The van der Waals surface area contributed by atoms with Crippen LogP contribution >= 0.6 is 0 Å². The summed E-state index contributed by atoms with van der Waals surface area (Å²) in [5.41, 5.74) is 6.60. The molecule has 5 amide bonds. The summed E-state index contributed by atoms with van der Waals surface area (Å²) in [4.78, 5) is 89.3. The number of para-hydroxylation sites is 1. The van der Waals surface area contributed by atoms with Gasteiger partial charge in [-0.15, -0.1) is 0 Å². The van der Waals surface area contributed by atoms with E-state index in [2.05, 4.69) is 31.2 Å². The number of amides is 5. The molecule has 8 rings (SSSR count). The van der Waals surface area contributed by atoms with Gasteiger partial charge < -0.3 is 60.2 Å². The summed E-state index contributed by atoms with van der Waals surface area (Å²) < 4.78 is 42.4. The fourth-order valence-electron chi connectivity index (χ4n) is 11.2. The molecule has 20 nitrogen and oxygen atoms in total. The second kappa shape index (κ2) is 24.3. The van der Waals surface area contributed by atoms with Crippen molar-refractivity contribution in [2.24, 2.45) is 17.6 Å². The number of piperidine rings is 1. The molecule has 6 N–H and O–H groups in total. The lowest BCUT2D eigenvalue weighted by Gasteiger charge is -2.47. The van der Waals surface area contributed by atoms with Gasteiger partial charge >= 0.3 is 12.1 Å². The summed E-state index contributed by atoms with van der Waals surface area (Å²) in [7, 11) is 0. The molecule has 5 heterocycles. The summed E-state index contributed by atoms with van der Waals surface area (Å²) >= 11 is 0. The van der Waals surface area contributed by atoms with Crippen molar-refractivity contribution in [3.05, 3.63) is 78.0 Å². The summed E-state index contributed by atoms with van der Waals surface area (Å²) in [6, 6.07) is 17.0. The molecule has 4 saturated heterocycles. The van der Waals surface area contributed by atoms with Crippen molar-refractivity contribution in [1.82, 2.24) is 31.2 Å². The number of aromatic nitrogens is 1. The maximum absolute atomic E-state index is 14.6. The number of nitrogens with zero attached hydrogens (tertiary/aromatic N) is 2. The SMILES string of the molecule is CC(C)(C)NC(=O)[C@@H]1CC2CCCCC2CN1C[C@@H](OC(=O)CCCCNC(=O)O[C@H]1[C@@H](C2COC(C)(C)O2)OC2OC(C)(C)O[C@H]21)[C@H](Cc1ccccc1)NC(=O)[C@H](CC(N)=O)NC(=O)c1ccc2ccccc2n1. The van der Waals surface area contributed by atoms with Gasteiger partial charge in [-0.1, -0.05) is 73.9 Å². The number of fused-ring (bicyclic) bond motifs is 3. The highest BCUT2D eigenvalue weighted by atomic mass is 16.9. The van der Waals surface area contributed by atoms with Crippen molar-refractivity contribution < 1.29 is 61.9 Å². The van der Waals surface area contributed by atoms with Crippen LogP contribution in [-0.2, 0) is 58.8 Å². The fraction of sp³-hybridized carbons (Fsp3) is 0.625. The van der Waals surface area contributed by atoms with E-state index in [1.165, 1.54) is 6.07 Å². The molecule has 3 aromatic rings. The van der Waals surface area contributed by atoms with E-state index in [9.17, 15) is 28.8 Å². The number of carbonyl (C=O) groups excluding carboxylic acids is 6. The molecular weight excluding hydrogens is 979 g/mol. The van der Waals surface area contributed by atoms with Crippen molar-refractivity contribution in [2.75, 3.05) is 26.2 Å². The van der Waals surface area contributed by atoms with E-state index in [1.807, 2.05) is 63.2 Å². The highest BCUT2D eigenvalue weighted by molar-refractivity contribution is 5.99. The van der Waals surface area contributed by atoms with E-state index in [0.717, 1.165) is 36.6 Å². The highest BCUT2D eigenvalue weighted by Crippen LogP contribution is 2.42. The van der Waals surface area contributed by atoms with Crippen LogP contribution in [0, 0.1) is 11.8 Å². The van der Waals surface area contributed by atoms with E-state index < -0.39 is 108 Å². The first-order valence-electron chi connectivity index (χ1n) is 26.9.